The van der Waals surface area contributed by atoms with Crippen molar-refractivity contribution in [2.24, 2.45) is 5.41 Å². The molecule has 4 rings (SSSR count). The third-order valence-electron chi connectivity index (χ3n) is 6.50. The van der Waals surface area contributed by atoms with Gasteiger partial charge in [0.2, 0.25) is 5.91 Å². The van der Waals surface area contributed by atoms with Gasteiger partial charge in [-0.05, 0) is 49.9 Å². The molecule has 9 nitrogen and oxygen atoms in total. The SMILES string of the molecule is COC(=O)c1cccc(-n2c(=O)n(C3CCC(NC(=O)C(C)(C)C)CC3)c(=O)c3cc(F)cnc32)c1. The Morgan fingerprint density at radius 2 is 1.81 bits per heavy atom. The molecule has 0 atom stereocenters. The van der Waals surface area contributed by atoms with Gasteiger partial charge in [0.1, 0.15) is 5.82 Å². The number of nitrogens with zero attached hydrogens (tertiary/aromatic N) is 3. The van der Waals surface area contributed by atoms with Gasteiger partial charge in [-0.15, -0.1) is 0 Å². The molecule has 0 bridgehead atoms. The van der Waals surface area contributed by atoms with E-state index >= 15 is 0 Å². The van der Waals surface area contributed by atoms with Gasteiger partial charge in [0.15, 0.2) is 5.65 Å². The average molecular weight is 497 g/mol. The molecule has 1 aromatic carbocycles. The van der Waals surface area contributed by atoms with Crippen LogP contribution in [0.4, 0.5) is 4.39 Å². The lowest BCUT2D eigenvalue weighted by atomic mass is 9.89. The van der Waals surface area contributed by atoms with Crippen molar-refractivity contribution in [3.63, 3.8) is 0 Å². The summed E-state index contributed by atoms with van der Waals surface area (Å²) < 4.78 is 21.3. The summed E-state index contributed by atoms with van der Waals surface area (Å²) in [5.74, 6) is -1.34. The van der Waals surface area contributed by atoms with E-state index in [1.165, 1.54) is 17.7 Å². The molecule has 0 saturated heterocycles. The Kier molecular flexibility index (Phi) is 6.79. The predicted molar refractivity (Wildman–Crippen MR) is 132 cm³/mol. The number of fused-ring (bicyclic) bond motifs is 1. The summed E-state index contributed by atoms with van der Waals surface area (Å²) in [5.41, 5.74) is -1.26. The van der Waals surface area contributed by atoms with E-state index in [1.807, 2.05) is 20.8 Å². The summed E-state index contributed by atoms with van der Waals surface area (Å²) in [6.45, 7) is 5.52. The summed E-state index contributed by atoms with van der Waals surface area (Å²) in [4.78, 5) is 55.6. The van der Waals surface area contributed by atoms with E-state index in [4.69, 9.17) is 4.74 Å². The summed E-state index contributed by atoms with van der Waals surface area (Å²) in [6.07, 6.45) is 3.10. The second-order valence-corrected chi connectivity index (χ2v) is 10.1. The van der Waals surface area contributed by atoms with E-state index in [2.05, 4.69) is 10.3 Å². The van der Waals surface area contributed by atoms with Crippen LogP contribution in [0.1, 0.15) is 62.9 Å². The molecule has 2 heterocycles. The van der Waals surface area contributed by atoms with E-state index < -0.39 is 34.5 Å². The summed E-state index contributed by atoms with van der Waals surface area (Å²) in [6, 6.07) is 6.77. The van der Waals surface area contributed by atoms with E-state index in [-0.39, 0.29) is 28.5 Å². The maximum absolute atomic E-state index is 14.1. The Morgan fingerprint density at radius 3 is 2.44 bits per heavy atom. The minimum absolute atomic E-state index is 0.00390. The zero-order chi connectivity index (χ0) is 26.2. The number of ether oxygens (including phenoxy) is 1. The fourth-order valence-corrected chi connectivity index (χ4v) is 4.51. The van der Waals surface area contributed by atoms with Crippen molar-refractivity contribution in [1.82, 2.24) is 19.4 Å². The van der Waals surface area contributed by atoms with Gasteiger partial charge in [-0.2, -0.15) is 0 Å². The zero-order valence-corrected chi connectivity index (χ0v) is 20.7. The first-order valence-electron chi connectivity index (χ1n) is 11.8. The van der Waals surface area contributed by atoms with Crippen LogP contribution in [-0.2, 0) is 9.53 Å². The second-order valence-electron chi connectivity index (χ2n) is 10.1. The van der Waals surface area contributed by atoms with Crippen LogP contribution in [-0.4, -0.2) is 39.1 Å². The van der Waals surface area contributed by atoms with Gasteiger partial charge in [0, 0.05) is 17.5 Å². The number of carbonyl (C=O) groups is 2. The highest BCUT2D eigenvalue weighted by Gasteiger charge is 2.30. The molecule has 1 saturated carbocycles. The maximum Gasteiger partial charge on any atom is 0.337 e. The Hall–Kier alpha value is -3.82. The van der Waals surface area contributed by atoms with Crippen LogP contribution >= 0.6 is 0 Å². The fraction of sp³-hybridized carbons (Fsp3) is 0.423. The van der Waals surface area contributed by atoms with Crippen molar-refractivity contribution in [1.29, 1.82) is 0 Å². The van der Waals surface area contributed by atoms with Crippen molar-refractivity contribution in [3.05, 3.63) is 68.7 Å². The molecule has 0 aliphatic heterocycles. The lowest BCUT2D eigenvalue weighted by molar-refractivity contribution is -0.129. The molecular weight excluding hydrogens is 467 g/mol. The monoisotopic (exact) mass is 496 g/mol. The molecule has 0 spiro atoms. The Morgan fingerprint density at radius 1 is 1.11 bits per heavy atom. The van der Waals surface area contributed by atoms with Crippen LogP contribution in [0.2, 0.25) is 0 Å². The number of carbonyl (C=O) groups excluding carboxylic acids is 2. The molecule has 2 aromatic heterocycles. The smallest absolute Gasteiger partial charge is 0.337 e. The van der Waals surface area contributed by atoms with Crippen molar-refractivity contribution in [3.8, 4) is 5.69 Å². The van der Waals surface area contributed by atoms with Gasteiger partial charge in [-0.1, -0.05) is 26.8 Å². The Labute approximate surface area is 206 Å². The first kappa shape index (κ1) is 25.3. The van der Waals surface area contributed by atoms with Gasteiger partial charge in [-0.25, -0.2) is 23.5 Å². The number of benzene rings is 1. The molecule has 36 heavy (non-hydrogen) atoms. The molecule has 0 unspecified atom stereocenters. The lowest BCUT2D eigenvalue weighted by Crippen LogP contribution is -2.46. The number of methoxy groups -OCH3 is 1. The number of esters is 1. The van der Waals surface area contributed by atoms with Crippen LogP contribution in [0.5, 0.6) is 0 Å². The molecule has 1 fully saturated rings. The number of hydrogen-bond donors (Lipinski definition) is 1. The topological polar surface area (TPSA) is 112 Å². The van der Waals surface area contributed by atoms with Crippen LogP contribution in [0.25, 0.3) is 16.7 Å². The molecule has 1 N–H and O–H groups in total. The molecule has 190 valence electrons. The van der Waals surface area contributed by atoms with Crippen LogP contribution in [0.15, 0.2) is 46.1 Å². The average Bonchev–Trinajstić information content (AvgIpc) is 2.84. The molecule has 10 heteroatoms. The molecule has 1 aliphatic rings. The molecular formula is C26H29FN4O5. The number of rotatable bonds is 4. The van der Waals surface area contributed by atoms with Crippen LogP contribution < -0.4 is 16.6 Å². The predicted octanol–water partition coefficient (Wildman–Crippen LogP) is 3.12. The third kappa shape index (κ3) is 4.80. The number of pyridine rings is 1. The van der Waals surface area contributed by atoms with Gasteiger partial charge >= 0.3 is 11.7 Å². The highest BCUT2D eigenvalue weighted by molar-refractivity contribution is 5.90. The van der Waals surface area contributed by atoms with Crippen molar-refractivity contribution < 1.29 is 18.7 Å². The van der Waals surface area contributed by atoms with E-state index in [0.717, 1.165) is 16.8 Å². The maximum atomic E-state index is 14.1. The highest BCUT2D eigenvalue weighted by atomic mass is 19.1. The normalized spacial score (nSPS) is 18.1. The zero-order valence-electron chi connectivity index (χ0n) is 20.7. The van der Waals surface area contributed by atoms with Crippen LogP contribution in [0.3, 0.4) is 0 Å². The first-order valence-corrected chi connectivity index (χ1v) is 11.8. The molecule has 1 aliphatic carbocycles. The number of aromatic nitrogens is 3. The number of nitrogens with one attached hydrogen (secondary N) is 1. The van der Waals surface area contributed by atoms with Gasteiger partial charge < -0.3 is 10.1 Å². The quantitative estimate of drug-likeness (QED) is 0.556. The fourth-order valence-electron chi connectivity index (χ4n) is 4.51. The number of amides is 1. The lowest BCUT2D eigenvalue weighted by Gasteiger charge is -2.32. The minimum atomic E-state index is -0.701. The third-order valence-corrected chi connectivity index (χ3v) is 6.50. The Bertz CT molecular complexity index is 1450. The van der Waals surface area contributed by atoms with Crippen molar-refractivity contribution in [2.75, 3.05) is 7.11 Å². The van der Waals surface area contributed by atoms with E-state index in [9.17, 15) is 23.6 Å². The summed E-state index contributed by atoms with van der Waals surface area (Å²) >= 11 is 0. The molecule has 3 aromatic rings. The van der Waals surface area contributed by atoms with E-state index in [0.29, 0.717) is 31.4 Å². The van der Waals surface area contributed by atoms with Gasteiger partial charge in [0.25, 0.3) is 5.56 Å². The summed E-state index contributed by atoms with van der Waals surface area (Å²) in [5, 5.41) is 3.00. The first-order chi connectivity index (χ1) is 17.0. The van der Waals surface area contributed by atoms with Crippen molar-refractivity contribution >= 4 is 22.9 Å². The number of halogens is 1. The van der Waals surface area contributed by atoms with Gasteiger partial charge in [0.05, 0.1) is 29.9 Å². The molecule has 0 radical (unpaired) electrons. The van der Waals surface area contributed by atoms with Crippen LogP contribution in [0, 0.1) is 11.2 Å². The number of hydrogen-bond acceptors (Lipinski definition) is 6. The largest absolute Gasteiger partial charge is 0.465 e. The van der Waals surface area contributed by atoms with E-state index in [1.54, 1.807) is 18.2 Å². The van der Waals surface area contributed by atoms with Crippen molar-refractivity contribution in [2.45, 2.75) is 58.5 Å². The van der Waals surface area contributed by atoms with Gasteiger partial charge in [-0.3, -0.25) is 14.2 Å². The Balaban J connectivity index is 1.78. The summed E-state index contributed by atoms with van der Waals surface area (Å²) in [7, 11) is 1.25. The second kappa shape index (κ2) is 9.67. The molecule has 1 amide bonds. The standard InChI is InChI=1S/C26H29FN4O5/c1-26(2,3)24(34)29-17-8-10-18(11-9-17)31-22(32)20-13-16(27)14-28-21(20)30(25(31)35)19-7-5-6-15(12-19)23(33)36-4/h5-7,12-14,17-18H,8-11H2,1-4H3,(H,29,34). The highest BCUT2D eigenvalue weighted by Crippen LogP contribution is 2.28. The minimum Gasteiger partial charge on any atom is -0.465 e.